The molecular weight excluding hydrogens is 731 g/mol. The monoisotopic (exact) mass is 834 g/mol. The maximum Gasteiger partial charge on any atom is 0.150 e. The maximum absolute atomic E-state index is 4.74. The van der Waals surface area contributed by atoms with E-state index in [9.17, 15) is 0 Å². The first-order valence-electron chi connectivity index (χ1n) is 25.6. The van der Waals surface area contributed by atoms with Crippen molar-refractivity contribution in [2.75, 3.05) is 0 Å². The molecule has 60 heavy (non-hydrogen) atoms. The lowest BCUT2D eigenvalue weighted by molar-refractivity contribution is -0.252. The van der Waals surface area contributed by atoms with E-state index in [-0.39, 0.29) is 0 Å². The number of rotatable bonds is 6. The summed E-state index contributed by atoms with van der Waals surface area (Å²) in [5.74, 6) is 6.25. The number of hydrogen-bond donors (Lipinski definition) is 0. The zero-order chi connectivity index (χ0) is 46.3. The Morgan fingerprint density at radius 3 is 1.35 bits per heavy atom. The fourth-order valence-electron chi connectivity index (χ4n) is 10.4. The van der Waals surface area contributed by atoms with Crippen molar-refractivity contribution in [3.63, 3.8) is 0 Å². The van der Waals surface area contributed by atoms with Gasteiger partial charge in [0.1, 0.15) is 5.82 Å². The van der Waals surface area contributed by atoms with Crippen molar-refractivity contribution in [1.82, 2.24) is 24.3 Å². The summed E-state index contributed by atoms with van der Waals surface area (Å²) in [6.45, 7) is 44.4. The molecule has 0 N–H and O–H groups in total. The third-order valence-electron chi connectivity index (χ3n) is 14.9. The Hall–Kier alpha value is -2.43. The number of imidazole rings is 1. The predicted octanol–water partition coefficient (Wildman–Crippen LogP) is 17.1. The second kappa shape index (κ2) is 28.3. The van der Waals surface area contributed by atoms with Crippen molar-refractivity contribution in [1.29, 1.82) is 0 Å². The number of hydrogen-bond acceptors (Lipinski definition) is 3. The molecule has 1 unspecified atom stereocenters. The van der Waals surface area contributed by atoms with Crippen LogP contribution in [-0.4, -0.2) is 24.3 Å². The van der Waals surface area contributed by atoms with Gasteiger partial charge in [-0.15, -0.1) is 0 Å². The van der Waals surface area contributed by atoms with E-state index in [0.29, 0.717) is 5.92 Å². The van der Waals surface area contributed by atoms with Crippen LogP contribution in [0.25, 0.3) is 0 Å². The van der Waals surface area contributed by atoms with Crippen LogP contribution in [0.1, 0.15) is 237 Å². The summed E-state index contributed by atoms with van der Waals surface area (Å²) in [5.41, 5.74) is 5.56. The van der Waals surface area contributed by atoms with Crippen LogP contribution in [0.3, 0.4) is 0 Å². The minimum atomic E-state index is 0.418. The lowest BCUT2D eigenvalue weighted by Gasteiger charge is -2.75. The molecule has 6 aliphatic carbocycles. The van der Waals surface area contributed by atoms with Crippen LogP contribution in [0.5, 0.6) is 0 Å². The van der Waals surface area contributed by atoms with Crippen LogP contribution in [-0.2, 0) is 20.0 Å². The van der Waals surface area contributed by atoms with Crippen molar-refractivity contribution in [3.05, 3.63) is 65.8 Å². The minimum Gasteiger partial charge on any atom is -0.340 e. The van der Waals surface area contributed by atoms with Gasteiger partial charge in [-0.25, -0.2) is 14.6 Å². The normalized spacial score (nSPS) is 26.0. The number of nitrogens with zero attached hydrogens (tertiary/aromatic N) is 5. The van der Waals surface area contributed by atoms with Gasteiger partial charge < -0.3 is 4.57 Å². The molecule has 0 radical (unpaired) electrons. The number of fused-ring (bicyclic) bond motifs is 4. The highest BCUT2D eigenvalue weighted by Crippen LogP contribution is 2.78. The molecule has 1 atom stereocenters. The van der Waals surface area contributed by atoms with Crippen LogP contribution in [0.2, 0.25) is 0 Å². The lowest BCUT2D eigenvalue weighted by Crippen LogP contribution is -2.66. The van der Waals surface area contributed by atoms with Gasteiger partial charge in [-0.1, -0.05) is 168 Å². The Morgan fingerprint density at radius 2 is 1.03 bits per heavy atom. The Bertz CT molecular complexity index is 1390. The fourth-order valence-corrected chi connectivity index (χ4v) is 10.4. The molecule has 2 aromatic heterocycles. The number of aromatic nitrogens is 5. The van der Waals surface area contributed by atoms with Gasteiger partial charge in [0.2, 0.25) is 0 Å². The van der Waals surface area contributed by atoms with E-state index in [1.807, 2.05) is 94.0 Å². The van der Waals surface area contributed by atoms with Gasteiger partial charge in [0.15, 0.2) is 5.82 Å². The summed E-state index contributed by atoms with van der Waals surface area (Å²) in [7, 11) is 1.96. The molecule has 1 aromatic carbocycles. The summed E-state index contributed by atoms with van der Waals surface area (Å²) in [6.07, 6.45) is 22.0. The van der Waals surface area contributed by atoms with E-state index in [1.54, 1.807) is 6.33 Å². The SMILES string of the molecule is CC.CC.CC.CC.CC.CC(C)C12CC(C(C)C)(C1)C2.CC(C)C12CCC(C(C)C)(CC1)CC2.CCc1nc2n(n1)CCCCC2c1ccccc1.Cc1cn(C)cn1. The molecule has 348 valence electrons. The average molecular weight is 834 g/mol. The highest BCUT2D eigenvalue weighted by atomic mass is 15.3. The molecule has 3 heterocycles. The van der Waals surface area contributed by atoms with E-state index >= 15 is 0 Å². The molecule has 3 aromatic rings. The lowest BCUT2D eigenvalue weighted by atomic mass is 9.30. The molecule has 1 aliphatic heterocycles. The van der Waals surface area contributed by atoms with E-state index < -0.39 is 0 Å². The molecule has 6 fully saturated rings. The molecule has 10 rings (SSSR count). The van der Waals surface area contributed by atoms with Crippen LogP contribution >= 0.6 is 0 Å². The average Bonchev–Trinajstić information content (AvgIpc) is 3.79. The van der Waals surface area contributed by atoms with Gasteiger partial charge in [0, 0.05) is 32.1 Å². The van der Waals surface area contributed by atoms with Crippen LogP contribution in [0.15, 0.2) is 42.9 Å². The molecule has 4 bridgehead atoms. The summed E-state index contributed by atoms with van der Waals surface area (Å²) in [5, 5.41) is 4.61. The quantitative estimate of drug-likeness (QED) is 0.249. The molecule has 7 aliphatic rings. The number of aryl methyl sites for hydroxylation is 4. The highest BCUT2D eigenvalue weighted by molar-refractivity contribution is 5.26. The molecule has 5 heteroatoms. The van der Waals surface area contributed by atoms with Crippen molar-refractivity contribution >= 4 is 0 Å². The molecule has 0 amide bonds. The van der Waals surface area contributed by atoms with Crippen molar-refractivity contribution in [2.24, 2.45) is 52.4 Å². The second-order valence-corrected chi connectivity index (χ2v) is 18.7. The first kappa shape index (κ1) is 57.6. The van der Waals surface area contributed by atoms with E-state index in [0.717, 1.165) is 75.6 Å². The third-order valence-corrected chi connectivity index (χ3v) is 14.9. The van der Waals surface area contributed by atoms with Crippen LogP contribution in [0, 0.1) is 52.3 Å². The predicted molar refractivity (Wildman–Crippen MR) is 267 cm³/mol. The fraction of sp³-hybridized carbons (Fsp3) is 0.800. The van der Waals surface area contributed by atoms with E-state index in [1.165, 1.54) is 82.6 Å². The zero-order valence-corrected chi connectivity index (χ0v) is 44.1. The topological polar surface area (TPSA) is 48.5 Å². The molecule has 0 saturated heterocycles. The third kappa shape index (κ3) is 14.6. The maximum atomic E-state index is 4.74. The summed E-state index contributed by atoms with van der Waals surface area (Å²) in [6, 6.07) is 10.7. The van der Waals surface area contributed by atoms with E-state index in [4.69, 9.17) is 4.98 Å². The Kier molecular flexibility index (Phi) is 27.2. The smallest absolute Gasteiger partial charge is 0.150 e. The second-order valence-electron chi connectivity index (χ2n) is 18.7. The summed E-state index contributed by atoms with van der Waals surface area (Å²) < 4.78 is 4.05. The van der Waals surface area contributed by atoms with Gasteiger partial charge in [0.25, 0.3) is 0 Å². The summed E-state index contributed by atoms with van der Waals surface area (Å²) in [4.78, 5) is 8.72. The Balaban J connectivity index is 0.000000747. The Morgan fingerprint density at radius 1 is 0.617 bits per heavy atom. The first-order chi connectivity index (χ1) is 28.7. The molecular formula is C55H103N5. The van der Waals surface area contributed by atoms with Gasteiger partial charge in [-0.05, 0) is 128 Å². The van der Waals surface area contributed by atoms with Gasteiger partial charge in [0.05, 0.1) is 12.0 Å². The standard InChI is InChI=1S/C15H19N3.C14H26.C11H20.C5H8N2.5C2H6/c1-2-14-16-15-13(12-8-4-3-5-9-12)10-6-7-11-18(15)17-14;1-11(2)13-5-8-14(9-6-13,10-7-13)12(3)4;1-8(2)10-5-11(6-10,7-10)9(3)4;1-5-3-7(2)4-6-5;5*1-2/h3-5,8-9,13H,2,6-7,10-11H2,1H3;11-12H,5-10H2,1-4H3;8-9H,5-7H2,1-4H3;3-4H,1-2H3;5*1-2H3. The summed E-state index contributed by atoms with van der Waals surface area (Å²) >= 11 is 0. The first-order valence-corrected chi connectivity index (χ1v) is 25.6. The molecule has 0 spiro atoms. The van der Waals surface area contributed by atoms with Gasteiger partial charge in [-0.3, -0.25) is 0 Å². The Labute approximate surface area is 375 Å². The highest BCUT2D eigenvalue weighted by Gasteiger charge is 2.69. The zero-order valence-electron chi connectivity index (χ0n) is 44.1. The van der Waals surface area contributed by atoms with Crippen molar-refractivity contribution < 1.29 is 0 Å². The number of benzene rings is 1. The van der Waals surface area contributed by atoms with Gasteiger partial charge in [-0.2, -0.15) is 5.10 Å². The molecule has 6 saturated carbocycles. The van der Waals surface area contributed by atoms with Crippen LogP contribution < -0.4 is 0 Å². The molecule has 5 nitrogen and oxygen atoms in total. The minimum absolute atomic E-state index is 0.418. The van der Waals surface area contributed by atoms with Crippen LogP contribution in [0.4, 0.5) is 0 Å². The van der Waals surface area contributed by atoms with Gasteiger partial charge >= 0.3 is 0 Å². The largest absolute Gasteiger partial charge is 0.340 e. The van der Waals surface area contributed by atoms with Crippen molar-refractivity contribution in [3.8, 4) is 0 Å². The van der Waals surface area contributed by atoms with Crippen molar-refractivity contribution in [2.45, 2.75) is 234 Å². The van der Waals surface area contributed by atoms with E-state index in [2.05, 4.69) is 107 Å².